The van der Waals surface area contributed by atoms with Gasteiger partial charge in [0, 0.05) is 37.0 Å². The molecular formula is C14H15N3O3S. The normalized spacial score (nSPS) is 15.5. The van der Waals surface area contributed by atoms with Gasteiger partial charge < -0.3 is 4.74 Å². The summed E-state index contributed by atoms with van der Waals surface area (Å²) in [7, 11) is -1.96. The van der Waals surface area contributed by atoms with Gasteiger partial charge in [-0.15, -0.1) is 0 Å². The van der Waals surface area contributed by atoms with Crippen molar-refractivity contribution in [1.82, 2.24) is 14.3 Å². The van der Waals surface area contributed by atoms with Crippen LogP contribution in [0.1, 0.15) is 11.3 Å². The molecule has 1 aliphatic rings. The first-order valence-electron chi connectivity index (χ1n) is 6.53. The van der Waals surface area contributed by atoms with Crippen molar-refractivity contribution >= 4 is 10.0 Å². The van der Waals surface area contributed by atoms with Gasteiger partial charge in [0.1, 0.15) is 12.1 Å². The lowest BCUT2D eigenvalue weighted by atomic mass is 10.1. The lowest BCUT2D eigenvalue weighted by molar-refractivity contribution is 0.386. The number of hydrogen-bond acceptors (Lipinski definition) is 5. The van der Waals surface area contributed by atoms with Crippen molar-refractivity contribution in [3.63, 3.8) is 0 Å². The van der Waals surface area contributed by atoms with Crippen LogP contribution in [-0.4, -0.2) is 36.3 Å². The van der Waals surface area contributed by atoms with Gasteiger partial charge in [-0.25, -0.2) is 18.4 Å². The minimum absolute atomic E-state index is 0.267. The van der Waals surface area contributed by atoms with E-state index in [4.69, 9.17) is 4.74 Å². The summed E-state index contributed by atoms with van der Waals surface area (Å²) in [6, 6.07) is 6.41. The number of hydrogen-bond donors (Lipinski definition) is 0. The molecule has 21 heavy (non-hydrogen) atoms. The van der Waals surface area contributed by atoms with E-state index >= 15 is 0 Å². The van der Waals surface area contributed by atoms with Crippen molar-refractivity contribution in [1.29, 1.82) is 0 Å². The highest BCUT2D eigenvalue weighted by Crippen LogP contribution is 2.24. The molecule has 1 aromatic carbocycles. The average Bonchev–Trinajstić information content (AvgIpc) is 2.54. The number of fused-ring (bicyclic) bond motifs is 1. The Kier molecular flexibility index (Phi) is 3.60. The summed E-state index contributed by atoms with van der Waals surface area (Å²) >= 11 is 0. The third-order valence-corrected chi connectivity index (χ3v) is 5.38. The van der Waals surface area contributed by atoms with Crippen LogP contribution in [-0.2, 0) is 23.0 Å². The van der Waals surface area contributed by atoms with E-state index in [0.717, 1.165) is 11.3 Å². The quantitative estimate of drug-likeness (QED) is 0.853. The second-order valence-corrected chi connectivity index (χ2v) is 6.70. The highest BCUT2D eigenvalue weighted by Gasteiger charge is 2.28. The van der Waals surface area contributed by atoms with E-state index < -0.39 is 10.0 Å². The fourth-order valence-corrected chi connectivity index (χ4v) is 3.76. The standard InChI is InChI=1S/C14H15N3O3S/c1-20-12-2-4-13(5-3-12)21(18,19)17-7-6-14-11(9-17)8-15-10-16-14/h2-5,8,10H,6-7,9H2,1H3. The maximum Gasteiger partial charge on any atom is 0.243 e. The number of methoxy groups -OCH3 is 1. The molecule has 0 unspecified atom stereocenters. The molecule has 0 saturated heterocycles. The summed E-state index contributed by atoms with van der Waals surface area (Å²) in [5.41, 5.74) is 1.78. The summed E-state index contributed by atoms with van der Waals surface area (Å²) in [6.07, 6.45) is 3.78. The van der Waals surface area contributed by atoms with E-state index in [9.17, 15) is 8.42 Å². The lowest BCUT2D eigenvalue weighted by Crippen LogP contribution is -2.36. The van der Waals surface area contributed by atoms with Gasteiger partial charge in [0.2, 0.25) is 10.0 Å². The van der Waals surface area contributed by atoms with Crippen LogP contribution in [0, 0.1) is 0 Å². The zero-order valence-electron chi connectivity index (χ0n) is 11.6. The number of ether oxygens (including phenoxy) is 1. The summed E-state index contributed by atoms with van der Waals surface area (Å²) in [6.45, 7) is 0.739. The maximum atomic E-state index is 12.6. The minimum Gasteiger partial charge on any atom is -0.497 e. The van der Waals surface area contributed by atoms with E-state index in [-0.39, 0.29) is 4.90 Å². The fraction of sp³-hybridized carbons (Fsp3) is 0.286. The molecule has 3 rings (SSSR count). The largest absolute Gasteiger partial charge is 0.497 e. The zero-order chi connectivity index (χ0) is 14.9. The molecule has 2 heterocycles. The van der Waals surface area contributed by atoms with Gasteiger partial charge in [-0.2, -0.15) is 4.31 Å². The first kappa shape index (κ1) is 14.0. The lowest BCUT2D eigenvalue weighted by Gasteiger charge is -2.27. The number of sulfonamides is 1. The Labute approximate surface area is 123 Å². The van der Waals surface area contributed by atoms with Gasteiger partial charge in [-0.3, -0.25) is 0 Å². The van der Waals surface area contributed by atoms with Crippen molar-refractivity contribution < 1.29 is 13.2 Å². The fourth-order valence-electron chi connectivity index (χ4n) is 2.34. The number of nitrogens with zero attached hydrogens (tertiary/aromatic N) is 3. The molecule has 0 saturated carbocycles. The molecule has 0 atom stereocenters. The van der Waals surface area contributed by atoms with Gasteiger partial charge in [0.05, 0.1) is 12.0 Å². The molecule has 2 aromatic rings. The first-order valence-corrected chi connectivity index (χ1v) is 7.97. The van der Waals surface area contributed by atoms with Crippen LogP contribution in [0.15, 0.2) is 41.7 Å². The molecule has 0 fully saturated rings. The van der Waals surface area contributed by atoms with Gasteiger partial charge in [-0.1, -0.05) is 0 Å². The highest BCUT2D eigenvalue weighted by molar-refractivity contribution is 7.89. The van der Waals surface area contributed by atoms with Crippen LogP contribution >= 0.6 is 0 Å². The predicted octanol–water partition coefficient (Wildman–Crippen LogP) is 1.23. The Hall–Kier alpha value is -1.99. The number of rotatable bonds is 3. The minimum atomic E-state index is -3.51. The Balaban J connectivity index is 1.89. The van der Waals surface area contributed by atoms with Gasteiger partial charge >= 0.3 is 0 Å². The van der Waals surface area contributed by atoms with Gasteiger partial charge in [0.25, 0.3) is 0 Å². The van der Waals surface area contributed by atoms with Crippen LogP contribution in [0.2, 0.25) is 0 Å². The van der Waals surface area contributed by atoms with Crippen LogP contribution < -0.4 is 4.74 Å². The average molecular weight is 305 g/mol. The third-order valence-electron chi connectivity index (χ3n) is 3.52. The van der Waals surface area contributed by atoms with E-state index in [1.54, 1.807) is 37.6 Å². The Morgan fingerprint density at radius 2 is 2.00 bits per heavy atom. The molecular weight excluding hydrogens is 290 g/mol. The molecule has 0 N–H and O–H groups in total. The molecule has 0 aliphatic carbocycles. The maximum absolute atomic E-state index is 12.6. The molecule has 6 nitrogen and oxygen atoms in total. The molecule has 0 radical (unpaired) electrons. The summed E-state index contributed by atoms with van der Waals surface area (Å²) in [5, 5.41) is 0. The zero-order valence-corrected chi connectivity index (χ0v) is 12.4. The van der Waals surface area contributed by atoms with Crippen LogP contribution in [0.4, 0.5) is 0 Å². The van der Waals surface area contributed by atoms with Crippen molar-refractivity contribution in [3.8, 4) is 5.75 Å². The van der Waals surface area contributed by atoms with Crippen LogP contribution in [0.5, 0.6) is 5.75 Å². The molecule has 0 bridgehead atoms. The molecule has 110 valence electrons. The highest BCUT2D eigenvalue weighted by atomic mass is 32.2. The smallest absolute Gasteiger partial charge is 0.243 e. The second-order valence-electron chi connectivity index (χ2n) is 4.76. The molecule has 1 aromatic heterocycles. The first-order chi connectivity index (χ1) is 10.1. The van der Waals surface area contributed by atoms with Crippen LogP contribution in [0.3, 0.4) is 0 Å². The third kappa shape index (κ3) is 2.62. The summed E-state index contributed by atoms with van der Waals surface area (Å²) < 4.78 is 31.8. The van der Waals surface area contributed by atoms with Crippen molar-refractivity contribution in [2.75, 3.05) is 13.7 Å². The monoisotopic (exact) mass is 305 g/mol. The molecule has 7 heteroatoms. The molecule has 0 spiro atoms. The van der Waals surface area contributed by atoms with Gasteiger partial charge in [0.15, 0.2) is 0 Å². The van der Waals surface area contributed by atoms with Crippen LogP contribution in [0.25, 0.3) is 0 Å². The second kappa shape index (κ2) is 5.42. The molecule has 1 aliphatic heterocycles. The van der Waals surface area contributed by atoms with Crippen molar-refractivity contribution in [2.45, 2.75) is 17.9 Å². The van der Waals surface area contributed by atoms with Crippen molar-refractivity contribution in [3.05, 3.63) is 48.0 Å². The van der Waals surface area contributed by atoms with Gasteiger partial charge in [-0.05, 0) is 24.3 Å². The Morgan fingerprint density at radius 1 is 1.24 bits per heavy atom. The number of aromatic nitrogens is 2. The van der Waals surface area contributed by atoms with Crippen molar-refractivity contribution in [2.24, 2.45) is 0 Å². The summed E-state index contributed by atoms with van der Waals surface area (Å²) in [4.78, 5) is 8.41. The van der Waals surface area contributed by atoms with E-state index in [1.165, 1.54) is 10.6 Å². The predicted molar refractivity (Wildman–Crippen MR) is 76.3 cm³/mol. The van der Waals surface area contributed by atoms with E-state index in [1.807, 2.05) is 0 Å². The SMILES string of the molecule is COc1ccc(S(=O)(=O)N2CCc3ncncc3C2)cc1. The Bertz CT molecular complexity index is 744. The van der Waals surface area contributed by atoms with E-state index in [2.05, 4.69) is 9.97 Å². The molecule has 0 amide bonds. The Morgan fingerprint density at radius 3 is 2.71 bits per heavy atom. The van der Waals surface area contributed by atoms with E-state index in [0.29, 0.717) is 25.3 Å². The topological polar surface area (TPSA) is 72.4 Å². The number of benzene rings is 1. The summed E-state index contributed by atoms with van der Waals surface area (Å²) in [5.74, 6) is 0.631.